The van der Waals surface area contributed by atoms with Crippen molar-refractivity contribution < 1.29 is 9.53 Å². The van der Waals surface area contributed by atoms with E-state index in [1.165, 1.54) is 0 Å². The molecule has 2 heterocycles. The zero-order valence-electron chi connectivity index (χ0n) is 11.8. The first-order valence-corrected chi connectivity index (χ1v) is 6.76. The molecule has 6 nitrogen and oxygen atoms in total. The van der Waals surface area contributed by atoms with E-state index < -0.39 is 0 Å². The van der Waals surface area contributed by atoms with Crippen LogP contribution in [0.15, 0.2) is 0 Å². The van der Waals surface area contributed by atoms with Gasteiger partial charge in [0.1, 0.15) is 0 Å². The van der Waals surface area contributed by atoms with Gasteiger partial charge < -0.3 is 15.4 Å². The standard InChI is InChI=1S/C13H22N4O2/c1-4-17-10(3)13(9(2)16-17)15-12(18)7-11-8-19-6-5-14-11/h11,14H,4-8H2,1-3H3,(H,15,18). The molecule has 2 N–H and O–H groups in total. The quantitative estimate of drug-likeness (QED) is 0.847. The molecule has 0 aliphatic carbocycles. The summed E-state index contributed by atoms with van der Waals surface area (Å²) in [5.41, 5.74) is 2.70. The highest BCUT2D eigenvalue weighted by atomic mass is 16.5. The van der Waals surface area contributed by atoms with Crippen LogP contribution in [-0.4, -0.2) is 41.5 Å². The Morgan fingerprint density at radius 2 is 2.37 bits per heavy atom. The molecule has 19 heavy (non-hydrogen) atoms. The van der Waals surface area contributed by atoms with Gasteiger partial charge in [0.25, 0.3) is 0 Å². The molecule has 1 fully saturated rings. The molecule has 0 bridgehead atoms. The molecule has 1 aliphatic heterocycles. The smallest absolute Gasteiger partial charge is 0.226 e. The Balaban J connectivity index is 1.96. The highest BCUT2D eigenvalue weighted by Crippen LogP contribution is 2.19. The maximum absolute atomic E-state index is 12.0. The number of carbonyl (C=O) groups is 1. The van der Waals surface area contributed by atoms with Gasteiger partial charge in [0.05, 0.1) is 30.3 Å². The summed E-state index contributed by atoms with van der Waals surface area (Å²) < 4.78 is 7.24. The number of carbonyl (C=O) groups excluding carboxylic acids is 1. The molecule has 0 spiro atoms. The maximum Gasteiger partial charge on any atom is 0.226 e. The molecule has 6 heteroatoms. The molecule has 0 radical (unpaired) electrons. The molecule has 0 aromatic carbocycles. The molecule has 1 aromatic rings. The van der Waals surface area contributed by atoms with Crippen LogP contribution in [0.3, 0.4) is 0 Å². The van der Waals surface area contributed by atoms with Crippen LogP contribution in [0.2, 0.25) is 0 Å². The van der Waals surface area contributed by atoms with E-state index in [0.29, 0.717) is 13.0 Å². The molecule has 1 amide bonds. The van der Waals surface area contributed by atoms with Crippen LogP contribution in [-0.2, 0) is 16.1 Å². The van der Waals surface area contributed by atoms with Crippen molar-refractivity contribution in [3.8, 4) is 0 Å². The number of aromatic nitrogens is 2. The van der Waals surface area contributed by atoms with Crippen molar-refractivity contribution in [1.82, 2.24) is 15.1 Å². The van der Waals surface area contributed by atoms with Gasteiger partial charge in [-0.1, -0.05) is 0 Å². The van der Waals surface area contributed by atoms with Crippen molar-refractivity contribution >= 4 is 11.6 Å². The van der Waals surface area contributed by atoms with E-state index in [9.17, 15) is 4.79 Å². The third-order valence-corrected chi connectivity index (χ3v) is 3.38. The second-order valence-electron chi connectivity index (χ2n) is 4.84. The fraction of sp³-hybridized carbons (Fsp3) is 0.692. The Hall–Kier alpha value is -1.40. The Kier molecular flexibility index (Phi) is 4.55. The van der Waals surface area contributed by atoms with E-state index >= 15 is 0 Å². The molecule has 1 aromatic heterocycles. The normalized spacial score (nSPS) is 19.4. The van der Waals surface area contributed by atoms with Gasteiger partial charge in [0, 0.05) is 25.6 Å². The predicted molar refractivity (Wildman–Crippen MR) is 73.2 cm³/mol. The molecule has 0 saturated carbocycles. The number of aryl methyl sites for hydroxylation is 2. The van der Waals surface area contributed by atoms with Gasteiger partial charge in [-0.25, -0.2) is 0 Å². The first kappa shape index (κ1) is 14.0. The average Bonchev–Trinajstić information content (AvgIpc) is 2.67. The number of ether oxygens (including phenoxy) is 1. The average molecular weight is 266 g/mol. The summed E-state index contributed by atoms with van der Waals surface area (Å²) in [6.07, 6.45) is 0.427. The van der Waals surface area contributed by atoms with E-state index in [2.05, 4.69) is 15.7 Å². The summed E-state index contributed by atoms with van der Waals surface area (Å²) >= 11 is 0. The topological polar surface area (TPSA) is 68.2 Å². The lowest BCUT2D eigenvalue weighted by Crippen LogP contribution is -2.43. The summed E-state index contributed by atoms with van der Waals surface area (Å²) in [6, 6.07) is 0.107. The van der Waals surface area contributed by atoms with Gasteiger partial charge in [0.15, 0.2) is 0 Å². The van der Waals surface area contributed by atoms with E-state index in [4.69, 9.17) is 4.74 Å². The zero-order chi connectivity index (χ0) is 13.8. The van der Waals surface area contributed by atoms with Crippen LogP contribution < -0.4 is 10.6 Å². The largest absolute Gasteiger partial charge is 0.378 e. The van der Waals surface area contributed by atoms with Crippen LogP contribution in [0.5, 0.6) is 0 Å². The number of rotatable bonds is 4. The Morgan fingerprint density at radius 3 is 2.95 bits per heavy atom. The first-order chi connectivity index (χ1) is 9.11. The summed E-state index contributed by atoms with van der Waals surface area (Å²) in [4.78, 5) is 12.0. The molecule has 1 aliphatic rings. The third kappa shape index (κ3) is 3.33. The summed E-state index contributed by atoms with van der Waals surface area (Å²) in [6.45, 7) is 8.86. The second-order valence-corrected chi connectivity index (χ2v) is 4.84. The summed E-state index contributed by atoms with van der Waals surface area (Å²) in [7, 11) is 0. The molecule has 106 valence electrons. The van der Waals surface area contributed by atoms with Crippen molar-refractivity contribution in [1.29, 1.82) is 0 Å². The zero-order valence-corrected chi connectivity index (χ0v) is 11.8. The molecular formula is C13H22N4O2. The lowest BCUT2D eigenvalue weighted by Gasteiger charge is -2.23. The number of amides is 1. The van der Waals surface area contributed by atoms with Gasteiger partial charge in [-0.3, -0.25) is 9.48 Å². The highest BCUT2D eigenvalue weighted by Gasteiger charge is 2.19. The van der Waals surface area contributed by atoms with Gasteiger partial charge >= 0.3 is 0 Å². The van der Waals surface area contributed by atoms with E-state index in [0.717, 1.165) is 36.8 Å². The van der Waals surface area contributed by atoms with Crippen LogP contribution >= 0.6 is 0 Å². The van der Waals surface area contributed by atoms with E-state index in [1.807, 2.05) is 25.5 Å². The molecule has 1 saturated heterocycles. The van der Waals surface area contributed by atoms with Crippen LogP contribution in [0.4, 0.5) is 5.69 Å². The highest BCUT2D eigenvalue weighted by molar-refractivity contribution is 5.92. The monoisotopic (exact) mass is 266 g/mol. The fourth-order valence-electron chi connectivity index (χ4n) is 2.35. The number of anilines is 1. The van der Waals surface area contributed by atoms with Crippen LogP contribution in [0.1, 0.15) is 24.7 Å². The van der Waals surface area contributed by atoms with E-state index in [1.54, 1.807) is 0 Å². The third-order valence-electron chi connectivity index (χ3n) is 3.38. The molecular weight excluding hydrogens is 244 g/mol. The molecule has 1 atom stereocenters. The van der Waals surface area contributed by atoms with Crippen LogP contribution in [0.25, 0.3) is 0 Å². The van der Waals surface area contributed by atoms with Crippen molar-refractivity contribution in [2.24, 2.45) is 0 Å². The number of morpholine rings is 1. The van der Waals surface area contributed by atoms with E-state index in [-0.39, 0.29) is 11.9 Å². The predicted octanol–water partition coefficient (Wildman–Crippen LogP) is 0.837. The summed E-state index contributed by atoms with van der Waals surface area (Å²) in [5.74, 6) is 0.00449. The second kappa shape index (κ2) is 6.16. The minimum absolute atomic E-state index is 0.00449. The van der Waals surface area contributed by atoms with Crippen molar-refractivity contribution in [3.63, 3.8) is 0 Å². The number of hydrogen-bond acceptors (Lipinski definition) is 4. The minimum Gasteiger partial charge on any atom is -0.378 e. The van der Waals surface area contributed by atoms with Crippen LogP contribution in [0, 0.1) is 13.8 Å². The number of nitrogens with zero attached hydrogens (tertiary/aromatic N) is 2. The van der Waals surface area contributed by atoms with Crippen molar-refractivity contribution in [3.05, 3.63) is 11.4 Å². The van der Waals surface area contributed by atoms with Crippen molar-refractivity contribution in [2.75, 3.05) is 25.1 Å². The lowest BCUT2D eigenvalue weighted by molar-refractivity contribution is -0.117. The number of hydrogen-bond donors (Lipinski definition) is 2. The first-order valence-electron chi connectivity index (χ1n) is 6.76. The van der Waals surface area contributed by atoms with Gasteiger partial charge in [-0.05, 0) is 20.8 Å². The Bertz CT molecular complexity index is 450. The Labute approximate surface area is 113 Å². The van der Waals surface area contributed by atoms with Gasteiger partial charge in [-0.2, -0.15) is 5.10 Å². The fourth-order valence-corrected chi connectivity index (χ4v) is 2.35. The lowest BCUT2D eigenvalue weighted by atomic mass is 10.2. The Morgan fingerprint density at radius 1 is 1.58 bits per heavy atom. The van der Waals surface area contributed by atoms with Crippen molar-refractivity contribution in [2.45, 2.75) is 39.8 Å². The maximum atomic E-state index is 12.0. The number of nitrogens with one attached hydrogen (secondary N) is 2. The minimum atomic E-state index is 0.00449. The van der Waals surface area contributed by atoms with Gasteiger partial charge in [-0.15, -0.1) is 0 Å². The molecule has 1 unspecified atom stereocenters. The van der Waals surface area contributed by atoms with Gasteiger partial charge in [0.2, 0.25) is 5.91 Å². The molecule has 2 rings (SSSR count). The summed E-state index contributed by atoms with van der Waals surface area (Å²) in [5, 5.41) is 10.6. The SMILES string of the molecule is CCn1nc(C)c(NC(=O)CC2COCCN2)c1C.